The molecule has 4 nitrogen and oxygen atoms in total. The zero-order chi connectivity index (χ0) is 13.9. The van der Waals surface area contributed by atoms with Crippen molar-refractivity contribution in [2.75, 3.05) is 24.3 Å². The molecule has 1 heterocycles. The van der Waals surface area contributed by atoms with Crippen LogP contribution in [-0.2, 0) is 4.74 Å². The summed E-state index contributed by atoms with van der Waals surface area (Å²) in [5, 5.41) is 6.83. The van der Waals surface area contributed by atoms with Crippen molar-refractivity contribution in [2.45, 2.75) is 45.8 Å². The predicted octanol–water partition coefficient (Wildman–Crippen LogP) is 3.13. The fraction of sp³-hybridized carbons (Fsp3) is 0.667. The van der Waals surface area contributed by atoms with Crippen LogP contribution in [0.3, 0.4) is 0 Å². The first-order valence-corrected chi connectivity index (χ1v) is 7.08. The van der Waals surface area contributed by atoms with Crippen molar-refractivity contribution in [3.63, 3.8) is 0 Å². The number of methoxy groups -OCH3 is 1. The minimum absolute atomic E-state index is 0.156. The minimum Gasteiger partial charge on any atom is -0.381 e. The van der Waals surface area contributed by atoms with Gasteiger partial charge in [-0.15, -0.1) is 0 Å². The van der Waals surface area contributed by atoms with Crippen molar-refractivity contribution >= 4 is 11.6 Å². The van der Waals surface area contributed by atoms with Gasteiger partial charge in [0.25, 0.3) is 0 Å². The monoisotopic (exact) mass is 263 g/mol. The summed E-state index contributed by atoms with van der Waals surface area (Å²) in [4.78, 5) is 4.59. The summed E-state index contributed by atoms with van der Waals surface area (Å²) in [6.07, 6.45) is 2.48. The topological polar surface area (TPSA) is 46.2 Å². The number of nitrogens with zero attached hydrogens (tertiary/aromatic N) is 1. The maximum atomic E-state index is 5.47. The van der Waals surface area contributed by atoms with Gasteiger partial charge in [-0.3, -0.25) is 0 Å². The van der Waals surface area contributed by atoms with E-state index in [0.717, 1.165) is 31.0 Å². The molecule has 0 bridgehead atoms. The molecule has 1 aliphatic rings. The molecular weight excluding hydrogens is 238 g/mol. The maximum Gasteiger partial charge on any atom is 0.128 e. The maximum absolute atomic E-state index is 5.47. The molecule has 1 fully saturated rings. The van der Waals surface area contributed by atoms with E-state index < -0.39 is 0 Å². The van der Waals surface area contributed by atoms with Gasteiger partial charge in [0.1, 0.15) is 11.6 Å². The van der Waals surface area contributed by atoms with Gasteiger partial charge in [-0.2, -0.15) is 0 Å². The SMILES string of the molecule is CCCNc1cccc(NC2CC(OC)C2(C)C)n1. The summed E-state index contributed by atoms with van der Waals surface area (Å²) in [6.45, 7) is 7.58. The summed E-state index contributed by atoms with van der Waals surface area (Å²) in [5.41, 5.74) is 0.156. The Balaban J connectivity index is 1.96. The van der Waals surface area contributed by atoms with E-state index in [2.05, 4.69) is 36.4 Å². The van der Waals surface area contributed by atoms with E-state index in [-0.39, 0.29) is 5.41 Å². The smallest absolute Gasteiger partial charge is 0.128 e. The van der Waals surface area contributed by atoms with Gasteiger partial charge in [0.05, 0.1) is 6.10 Å². The van der Waals surface area contributed by atoms with Crippen LogP contribution in [0, 0.1) is 5.41 Å². The molecule has 0 spiro atoms. The van der Waals surface area contributed by atoms with Gasteiger partial charge in [0.2, 0.25) is 0 Å². The summed E-state index contributed by atoms with van der Waals surface area (Å²) < 4.78 is 5.47. The van der Waals surface area contributed by atoms with Crippen molar-refractivity contribution in [3.8, 4) is 0 Å². The molecule has 19 heavy (non-hydrogen) atoms. The van der Waals surface area contributed by atoms with Crippen LogP contribution in [0.4, 0.5) is 11.6 Å². The Kier molecular flexibility index (Phi) is 4.30. The Hall–Kier alpha value is -1.29. The Bertz CT molecular complexity index is 420. The fourth-order valence-corrected chi connectivity index (χ4v) is 2.58. The molecule has 1 saturated carbocycles. The van der Waals surface area contributed by atoms with Crippen LogP contribution < -0.4 is 10.6 Å². The second-order valence-electron chi connectivity index (χ2n) is 5.81. The molecule has 0 radical (unpaired) electrons. The van der Waals surface area contributed by atoms with E-state index in [1.54, 1.807) is 7.11 Å². The number of rotatable bonds is 6. The number of anilines is 2. The number of pyridine rings is 1. The molecular formula is C15H25N3O. The largest absolute Gasteiger partial charge is 0.381 e. The molecule has 2 N–H and O–H groups in total. The molecule has 2 atom stereocenters. The highest BCUT2D eigenvalue weighted by molar-refractivity contribution is 5.46. The van der Waals surface area contributed by atoms with Gasteiger partial charge in [-0.1, -0.05) is 26.8 Å². The molecule has 1 aromatic rings. The highest BCUT2D eigenvalue weighted by Crippen LogP contribution is 2.43. The Morgan fingerprint density at radius 3 is 2.74 bits per heavy atom. The standard InChI is InChI=1S/C15H25N3O/c1-5-9-16-13-7-6-8-14(18-13)17-11-10-12(19-4)15(11,2)3/h6-8,11-12H,5,9-10H2,1-4H3,(H2,16,17,18). The van der Waals surface area contributed by atoms with E-state index in [4.69, 9.17) is 4.74 Å². The average molecular weight is 263 g/mol. The van der Waals surface area contributed by atoms with E-state index in [9.17, 15) is 0 Å². The van der Waals surface area contributed by atoms with Gasteiger partial charge in [-0.25, -0.2) is 4.98 Å². The molecule has 2 unspecified atom stereocenters. The second-order valence-corrected chi connectivity index (χ2v) is 5.81. The molecule has 106 valence electrons. The minimum atomic E-state index is 0.156. The Morgan fingerprint density at radius 2 is 2.11 bits per heavy atom. The van der Waals surface area contributed by atoms with Crippen LogP contribution in [0.5, 0.6) is 0 Å². The zero-order valence-electron chi connectivity index (χ0n) is 12.4. The number of ether oxygens (including phenoxy) is 1. The molecule has 0 saturated heterocycles. The summed E-state index contributed by atoms with van der Waals surface area (Å²) >= 11 is 0. The quantitative estimate of drug-likeness (QED) is 0.827. The number of hydrogen-bond acceptors (Lipinski definition) is 4. The van der Waals surface area contributed by atoms with Gasteiger partial charge in [0.15, 0.2) is 0 Å². The lowest BCUT2D eigenvalue weighted by atomic mass is 9.64. The average Bonchev–Trinajstić information content (AvgIpc) is 2.41. The molecule has 0 amide bonds. The molecule has 0 aromatic carbocycles. The highest BCUT2D eigenvalue weighted by Gasteiger charge is 2.48. The van der Waals surface area contributed by atoms with Crippen LogP contribution in [0.15, 0.2) is 18.2 Å². The third kappa shape index (κ3) is 3.00. The van der Waals surface area contributed by atoms with Crippen LogP contribution in [0.25, 0.3) is 0 Å². The van der Waals surface area contributed by atoms with E-state index in [1.807, 2.05) is 18.2 Å². The van der Waals surface area contributed by atoms with E-state index in [0.29, 0.717) is 12.1 Å². The van der Waals surface area contributed by atoms with E-state index >= 15 is 0 Å². The number of aromatic nitrogens is 1. The second kappa shape index (κ2) is 5.78. The van der Waals surface area contributed by atoms with Crippen LogP contribution >= 0.6 is 0 Å². The van der Waals surface area contributed by atoms with E-state index in [1.165, 1.54) is 0 Å². The molecule has 2 rings (SSSR count). The summed E-state index contributed by atoms with van der Waals surface area (Å²) in [6, 6.07) is 6.48. The first kappa shape index (κ1) is 14.1. The summed E-state index contributed by atoms with van der Waals surface area (Å²) in [7, 11) is 1.79. The first-order valence-electron chi connectivity index (χ1n) is 7.08. The van der Waals surface area contributed by atoms with Crippen molar-refractivity contribution < 1.29 is 4.74 Å². The zero-order valence-corrected chi connectivity index (χ0v) is 12.4. The van der Waals surface area contributed by atoms with Crippen LogP contribution in [0.1, 0.15) is 33.6 Å². The predicted molar refractivity (Wildman–Crippen MR) is 79.6 cm³/mol. The molecule has 0 aliphatic heterocycles. The lowest BCUT2D eigenvalue weighted by molar-refractivity contribution is -0.0795. The summed E-state index contributed by atoms with van der Waals surface area (Å²) in [5.74, 6) is 1.88. The lowest BCUT2D eigenvalue weighted by Gasteiger charge is -2.51. The Labute approximate surface area is 116 Å². The fourth-order valence-electron chi connectivity index (χ4n) is 2.58. The van der Waals surface area contributed by atoms with Gasteiger partial charge >= 0.3 is 0 Å². The third-order valence-corrected chi connectivity index (χ3v) is 4.09. The van der Waals surface area contributed by atoms with Crippen molar-refractivity contribution in [1.29, 1.82) is 0 Å². The van der Waals surface area contributed by atoms with Crippen molar-refractivity contribution in [1.82, 2.24) is 4.98 Å². The van der Waals surface area contributed by atoms with Gasteiger partial charge in [-0.05, 0) is 25.0 Å². The van der Waals surface area contributed by atoms with Crippen LogP contribution in [-0.4, -0.2) is 30.8 Å². The van der Waals surface area contributed by atoms with Crippen molar-refractivity contribution in [2.24, 2.45) is 5.41 Å². The third-order valence-electron chi connectivity index (χ3n) is 4.09. The first-order chi connectivity index (χ1) is 9.07. The lowest BCUT2D eigenvalue weighted by Crippen LogP contribution is -2.57. The van der Waals surface area contributed by atoms with Crippen LogP contribution in [0.2, 0.25) is 0 Å². The normalized spacial score (nSPS) is 24.6. The molecule has 4 heteroatoms. The van der Waals surface area contributed by atoms with Crippen molar-refractivity contribution in [3.05, 3.63) is 18.2 Å². The molecule has 1 aromatic heterocycles. The highest BCUT2D eigenvalue weighted by atomic mass is 16.5. The molecule has 1 aliphatic carbocycles. The Morgan fingerprint density at radius 1 is 1.37 bits per heavy atom. The number of hydrogen-bond donors (Lipinski definition) is 2. The number of nitrogens with one attached hydrogen (secondary N) is 2. The van der Waals surface area contributed by atoms with Gasteiger partial charge in [0, 0.05) is 25.1 Å². The van der Waals surface area contributed by atoms with Gasteiger partial charge < -0.3 is 15.4 Å².